The van der Waals surface area contributed by atoms with E-state index in [0.29, 0.717) is 5.95 Å². The van der Waals surface area contributed by atoms with Gasteiger partial charge in [0.05, 0.1) is 0 Å². The van der Waals surface area contributed by atoms with Crippen molar-refractivity contribution < 1.29 is 0 Å². The molecular formula is C10H18N4. The summed E-state index contributed by atoms with van der Waals surface area (Å²) >= 11 is 0. The van der Waals surface area contributed by atoms with Crippen LogP contribution in [-0.2, 0) is 6.54 Å². The van der Waals surface area contributed by atoms with Gasteiger partial charge in [-0.25, -0.2) is 9.97 Å². The molecule has 1 rings (SSSR count). The highest BCUT2D eigenvalue weighted by Gasteiger charge is 1.95. The minimum Gasteiger partial charge on any atom is -0.368 e. The molecule has 4 heteroatoms. The van der Waals surface area contributed by atoms with Gasteiger partial charge in [0.2, 0.25) is 5.95 Å². The highest BCUT2D eigenvalue weighted by atomic mass is 15.0. The summed E-state index contributed by atoms with van der Waals surface area (Å²) in [4.78, 5) is 7.84. The largest absolute Gasteiger partial charge is 0.368 e. The molecule has 1 aromatic rings. The third kappa shape index (κ3) is 4.18. The molecule has 78 valence electrons. The summed E-state index contributed by atoms with van der Waals surface area (Å²) in [6.07, 6.45) is 4.70. The zero-order valence-electron chi connectivity index (χ0n) is 8.83. The predicted octanol–water partition coefficient (Wildman–Crippen LogP) is 1.19. The molecule has 0 aliphatic carbocycles. The Morgan fingerprint density at radius 3 is 2.57 bits per heavy atom. The lowest BCUT2D eigenvalue weighted by molar-refractivity contribution is 0.537. The Balaban J connectivity index is 2.21. The molecule has 0 aromatic carbocycles. The van der Waals surface area contributed by atoms with Gasteiger partial charge in [0.15, 0.2) is 0 Å². The molecule has 0 unspecified atom stereocenters. The van der Waals surface area contributed by atoms with Crippen LogP contribution in [0.2, 0.25) is 0 Å². The molecule has 0 aliphatic rings. The van der Waals surface area contributed by atoms with Crippen LogP contribution in [0.3, 0.4) is 0 Å². The van der Waals surface area contributed by atoms with E-state index in [9.17, 15) is 0 Å². The van der Waals surface area contributed by atoms with E-state index in [2.05, 4.69) is 29.1 Å². The Kier molecular flexibility index (Phi) is 4.32. The second-order valence-corrected chi connectivity index (χ2v) is 3.81. The molecule has 0 amide bonds. The van der Waals surface area contributed by atoms with E-state index in [1.165, 1.54) is 6.42 Å². The normalized spacial score (nSPS) is 10.8. The van der Waals surface area contributed by atoms with E-state index in [0.717, 1.165) is 24.6 Å². The molecule has 3 N–H and O–H groups in total. The molecular weight excluding hydrogens is 176 g/mol. The number of anilines is 1. The van der Waals surface area contributed by atoms with Crippen LogP contribution in [0.15, 0.2) is 12.4 Å². The fourth-order valence-corrected chi connectivity index (χ4v) is 1.08. The first kappa shape index (κ1) is 10.9. The third-order valence-corrected chi connectivity index (χ3v) is 1.95. The number of rotatable bonds is 5. The molecule has 0 fully saturated rings. The standard InChI is InChI=1S/C10H18N4/c1-8(2)3-4-12-5-9-6-13-10(11)14-7-9/h6-8,12H,3-5H2,1-2H3,(H2,11,13,14). The number of hydrogen-bond donors (Lipinski definition) is 2. The molecule has 0 atom stereocenters. The average Bonchev–Trinajstić information content (AvgIpc) is 2.15. The molecule has 0 bridgehead atoms. The zero-order valence-corrected chi connectivity index (χ0v) is 8.83. The van der Waals surface area contributed by atoms with E-state index in [1.54, 1.807) is 12.4 Å². The highest BCUT2D eigenvalue weighted by Crippen LogP contribution is 1.99. The van der Waals surface area contributed by atoms with Crippen LogP contribution in [-0.4, -0.2) is 16.5 Å². The highest BCUT2D eigenvalue weighted by molar-refractivity contribution is 5.16. The van der Waals surface area contributed by atoms with Crippen molar-refractivity contribution in [2.75, 3.05) is 12.3 Å². The molecule has 0 aliphatic heterocycles. The summed E-state index contributed by atoms with van der Waals surface area (Å²) in [6.45, 7) is 6.27. The maximum atomic E-state index is 5.38. The van der Waals surface area contributed by atoms with Gasteiger partial charge in [-0.15, -0.1) is 0 Å². The van der Waals surface area contributed by atoms with Gasteiger partial charge in [-0.3, -0.25) is 0 Å². The lowest BCUT2D eigenvalue weighted by Gasteiger charge is -2.06. The van der Waals surface area contributed by atoms with E-state index in [4.69, 9.17) is 5.73 Å². The zero-order chi connectivity index (χ0) is 10.4. The van der Waals surface area contributed by atoms with Crippen LogP contribution in [0.4, 0.5) is 5.95 Å². The number of hydrogen-bond acceptors (Lipinski definition) is 4. The second-order valence-electron chi connectivity index (χ2n) is 3.81. The molecule has 1 aromatic heterocycles. The SMILES string of the molecule is CC(C)CCNCc1cnc(N)nc1. The maximum Gasteiger partial charge on any atom is 0.219 e. The van der Waals surface area contributed by atoms with Crippen molar-refractivity contribution in [1.29, 1.82) is 0 Å². The molecule has 0 saturated carbocycles. The number of nitrogens with two attached hydrogens (primary N) is 1. The summed E-state index contributed by atoms with van der Waals surface area (Å²) < 4.78 is 0. The fourth-order valence-electron chi connectivity index (χ4n) is 1.08. The molecule has 0 radical (unpaired) electrons. The fraction of sp³-hybridized carbons (Fsp3) is 0.600. The molecule has 14 heavy (non-hydrogen) atoms. The Morgan fingerprint density at radius 2 is 2.00 bits per heavy atom. The van der Waals surface area contributed by atoms with E-state index >= 15 is 0 Å². The van der Waals surface area contributed by atoms with Gasteiger partial charge in [0.1, 0.15) is 0 Å². The first-order chi connectivity index (χ1) is 6.68. The van der Waals surface area contributed by atoms with Crippen molar-refractivity contribution in [3.8, 4) is 0 Å². The summed E-state index contributed by atoms with van der Waals surface area (Å²) in [6, 6.07) is 0. The van der Waals surface area contributed by atoms with Crippen molar-refractivity contribution in [3.63, 3.8) is 0 Å². The van der Waals surface area contributed by atoms with Gasteiger partial charge in [0.25, 0.3) is 0 Å². The number of nitrogens with one attached hydrogen (secondary N) is 1. The van der Waals surface area contributed by atoms with Crippen molar-refractivity contribution >= 4 is 5.95 Å². The van der Waals surface area contributed by atoms with E-state index in [1.807, 2.05) is 0 Å². The minimum absolute atomic E-state index is 0.330. The predicted molar refractivity (Wildman–Crippen MR) is 57.6 cm³/mol. The molecule has 0 saturated heterocycles. The topological polar surface area (TPSA) is 63.8 Å². The maximum absolute atomic E-state index is 5.38. The van der Waals surface area contributed by atoms with Crippen molar-refractivity contribution in [1.82, 2.24) is 15.3 Å². The average molecular weight is 194 g/mol. The van der Waals surface area contributed by atoms with Crippen molar-refractivity contribution in [3.05, 3.63) is 18.0 Å². The number of aromatic nitrogens is 2. The Labute approximate surface area is 85.0 Å². The summed E-state index contributed by atoms with van der Waals surface area (Å²) in [5.41, 5.74) is 6.45. The van der Waals surface area contributed by atoms with Gasteiger partial charge in [-0.05, 0) is 18.9 Å². The first-order valence-electron chi connectivity index (χ1n) is 4.95. The quantitative estimate of drug-likeness (QED) is 0.691. The van der Waals surface area contributed by atoms with Gasteiger partial charge >= 0.3 is 0 Å². The molecule has 0 spiro atoms. The van der Waals surface area contributed by atoms with Gasteiger partial charge in [0, 0.05) is 24.5 Å². The number of nitrogen functional groups attached to an aromatic ring is 1. The van der Waals surface area contributed by atoms with Gasteiger partial charge < -0.3 is 11.1 Å². The van der Waals surface area contributed by atoms with Crippen LogP contribution in [0.25, 0.3) is 0 Å². The molecule has 4 nitrogen and oxygen atoms in total. The van der Waals surface area contributed by atoms with Crippen LogP contribution in [0.1, 0.15) is 25.8 Å². The number of nitrogens with zero attached hydrogens (tertiary/aromatic N) is 2. The lowest BCUT2D eigenvalue weighted by Crippen LogP contribution is -2.16. The van der Waals surface area contributed by atoms with Crippen molar-refractivity contribution in [2.45, 2.75) is 26.8 Å². The first-order valence-corrected chi connectivity index (χ1v) is 4.95. The Hall–Kier alpha value is -1.16. The summed E-state index contributed by atoms with van der Waals surface area (Å²) in [7, 11) is 0. The monoisotopic (exact) mass is 194 g/mol. The summed E-state index contributed by atoms with van der Waals surface area (Å²) in [5, 5.41) is 3.33. The Bertz CT molecular complexity index is 255. The van der Waals surface area contributed by atoms with E-state index in [-0.39, 0.29) is 0 Å². The molecule has 1 heterocycles. The summed E-state index contributed by atoms with van der Waals surface area (Å²) in [5.74, 6) is 1.07. The van der Waals surface area contributed by atoms with Crippen LogP contribution in [0, 0.1) is 5.92 Å². The van der Waals surface area contributed by atoms with Gasteiger partial charge in [-0.2, -0.15) is 0 Å². The minimum atomic E-state index is 0.330. The van der Waals surface area contributed by atoms with Crippen LogP contribution < -0.4 is 11.1 Å². The lowest BCUT2D eigenvalue weighted by atomic mass is 10.1. The van der Waals surface area contributed by atoms with Crippen LogP contribution >= 0.6 is 0 Å². The van der Waals surface area contributed by atoms with Gasteiger partial charge in [-0.1, -0.05) is 13.8 Å². The Morgan fingerprint density at radius 1 is 1.36 bits per heavy atom. The smallest absolute Gasteiger partial charge is 0.219 e. The van der Waals surface area contributed by atoms with Crippen molar-refractivity contribution in [2.24, 2.45) is 5.92 Å². The second kappa shape index (κ2) is 5.54. The van der Waals surface area contributed by atoms with Crippen LogP contribution in [0.5, 0.6) is 0 Å². The van der Waals surface area contributed by atoms with E-state index < -0.39 is 0 Å². The third-order valence-electron chi connectivity index (χ3n) is 1.95.